The van der Waals surface area contributed by atoms with Crippen LogP contribution in [0.4, 0.5) is 0 Å². The molecule has 0 aromatic heterocycles. The number of carbonyl (C=O) groups is 1. The van der Waals surface area contributed by atoms with E-state index >= 15 is 0 Å². The highest BCUT2D eigenvalue weighted by atomic mass is 16.6. The summed E-state index contributed by atoms with van der Waals surface area (Å²) in [5.74, 6) is -0.112. The van der Waals surface area contributed by atoms with Gasteiger partial charge in [0.25, 0.3) is 0 Å². The summed E-state index contributed by atoms with van der Waals surface area (Å²) in [6, 6.07) is 0. The summed E-state index contributed by atoms with van der Waals surface area (Å²) in [7, 11) is 0. The number of ether oxygens (including phenoxy) is 3. The van der Waals surface area contributed by atoms with E-state index in [4.69, 9.17) is 14.2 Å². The molecular formula is C30H60O5. The molecule has 0 atom stereocenters. The Morgan fingerprint density at radius 3 is 1.60 bits per heavy atom. The van der Waals surface area contributed by atoms with Gasteiger partial charge in [0.2, 0.25) is 0 Å². The zero-order valence-corrected chi connectivity index (χ0v) is 24.1. The molecular weight excluding hydrogens is 440 g/mol. The van der Waals surface area contributed by atoms with E-state index in [1.807, 2.05) is 13.8 Å². The molecule has 0 spiro atoms. The van der Waals surface area contributed by atoms with Crippen LogP contribution in [0, 0.1) is 0 Å². The first-order chi connectivity index (χ1) is 16.7. The van der Waals surface area contributed by atoms with Crippen molar-refractivity contribution in [2.75, 3.05) is 26.4 Å². The Morgan fingerprint density at radius 1 is 0.629 bits per heavy atom. The predicted octanol–water partition coefficient (Wildman–Crippen LogP) is 8.15. The van der Waals surface area contributed by atoms with Gasteiger partial charge in [0.05, 0.1) is 24.4 Å². The minimum atomic E-state index is -0.705. The number of rotatable bonds is 26. The van der Waals surface area contributed by atoms with Crippen LogP contribution < -0.4 is 0 Å². The number of esters is 1. The van der Waals surface area contributed by atoms with Crippen molar-refractivity contribution in [2.24, 2.45) is 0 Å². The Bertz CT molecular complexity index is 470. The van der Waals surface area contributed by atoms with Crippen molar-refractivity contribution in [3.05, 3.63) is 0 Å². The zero-order valence-electron chi connectivity index (χ0n) is 24.1. The van der Waals surface area contributed by atoms with Crippen LogP contribution in [0.2, 0.25) is 0 Å². The van der Waals surface area contributed by atoms with E-state index in [1.54, 1.807) is 13.8 Å². The van der Waals surface area contributed by atoms with Crippen molar-refractivity contribution in [3.63, 3.8) is 0 Å². The Morgan fingerprint density at radius 2 is 1.11 bits per heavy atom. The van der Waals surface area contributed by atoms with Crippen molar-refractivity contribution in [3.8, 4) is 0 Å². The highest BCUT2D eigenvalue weighted by Crippen LogP contribution is 2.17. The van der Waals surface area contributed by atoms with Crippen molar-refractivity contribution < 1.29 is 24.1 Å². The molecule has 0 radical (unpaired) electrons. The minimum Gasteiger partial charge on any atom is -0.463 e. The van der Waals surface area contributed by atoms with E-state index in [9.17, 15) is 9.90 Å². The maximum absolute atomic E-state index is 11.8. The van der Waals surface area contributed by atoms with Gasteiger partial charge in [-0.15, -0.1) is 0 Å². The Balaban J connectivity index is 3.37. The number of hydrogen-bond donors (Lipinski definition) is 1. The van der Waals surface area contributed by atoms with Gasteiger partial charge in [0.1, 0.15) is 6.61 Å². The molecule has 0 aliphatic carbocycles. The molecule has 0 amide bonds. The van der Waals surface area contributed by atoms with Crippen LogP contribution in [-0.2, 0) is 19.0 Å². The molecule has 0 aromatic rings. The summed E-state index contributed by atoms with van der Waals surface area (Å²) in [6.07, 6.45) is 21.8. The molecule has 5 heteroatoms. The van der Waals surface area contributed by atoms with E-state index in [2.05, 4.69) is 6.92 Å². The first-order valence-electron chi connectivity index (χ1n) is 14.8. The van der Waals surface area contributed by atoms with Crippen molar-refractivity contribution in [1.29, 1.82) is 0 Å². The van der Waals surface area contributed by atoms with E-state index in [0.29, 0.717) is 39.3 Å². The topological polar surface area (TPSA) is 65.0 Å². The van der Waals surface area contributed by atoms with Gasteiger partial charge < -0.3 is 19.3 Å². The molecule has 0 rings (SSSR count). The normalized spacial score (nSPS) is 12.3. The van der Waals surface area contributed by atoms with Crippen molar-refractivity contribution in [1.82, 2.24) is 0 Å². The van der Waals surface area contributed by atoms with Crippen LogP contribution in [0.1, 0.15) is 150 Å². The van der Waals surface area contributed by atoms with Gasteiger partial charge in [0, 0.05) is 13.0 Å². The van der Waals surface area contributed by atoms with Crippen LogP contribution in [0.3, 0.4) is 0 Å². The van der Waals surface area contributed by atoms with Crippen LogP contribution in [0.5, 0.6) is 0 Å². The maximum atomic E-state index is 11.8. The number of carbonyl (C=O) groups excluding carboxylic acids is 1. The van der Waals surface area contributed by atoms with Gasteiger partial charge in [-0.3, -0.25) is 4.79 Å². The van der Waals surface area contributed by atoms with E-state index in [0.717, 1.165) is 19.3 Å². The fourth-order valence-corrected chi connectivity index (χ4v) is 4.00. The third-order valence-electron chi connectivity index (χ3n) is 6.53. The standard InChI is InChI=1S/C30H60O5/c1-6-7-8-9-10-11-12-13-14-15-16-17-18-19-20-21-28(31)34-27-26-33-24-23-30(4,5)35-25-22-29(2,3)32/h32H,6-27H2,1-5H3. The van der Waals surface area contributed by atoms with Gasteiger partial charge in [0.15, 0.2) is 0 Å². The summed E-state index contributed by atoms with van der Waals surface area (Å²) in [4.78, 5) is 11.8. The molecule has 0 aromatic carbocycles. The monoisotopic (exact) mass is 500 g/mol. The van der Waals surface area contributed by atoms with Gasteiger partial charge >= 0.3 is 5.97 Å². The number of aliphatic hydroxyl groups is 1. The zero-order chi connectivity index (χ0) is 26.3. The number of hydrogen-bond acceptors (Lipinski definition) is 5. The van der Waals surface area contributed by atoms with Crippen LogP contribution in [0.15, 0.2) is 0 Å². The third-order valence-corrected chi connectivity index (χ3v) is 6.53. The largest absolute Gasteiger partial charge is 0.463 e. The Hall–Kier alpha value is -0.650. The second kappa shape index (κ2) is 22.5. The number of unbranched alkanes of at least 4 members (excludes halogenated alkanes) is 14. The van der Waals surface area contributed by atoms with Crippen LogP contribution in [0.25, 0.3) is 0 Å². The van der Waals surface area contributed by atoms with Gasteiger partial charge in [-0.25, -0.2) is 0 Å². The molecule has 35 heavy (non-hydrogen) atoms. The molecule has 0 unspecified atom stereocenters. The molecule has 0 aliphatic rings. The van der Waals surface area contributed by atoms with Crippen molar-refractivity contribution >= 4 is 5.97 Å². The second-order valence-corrected chi connectivity index (χ2v) is 11.5. The van der Waals surface area contributed by atoms with E-state index in [1.165, 1.54) is 83.5 Å². The highest BCUT2D eigenvalue weighted by Gasteiger charge is 2.20. The van der Waals surface area contributed by atoms with E-state index in [-0.39, 0.29) is 11.6 Å². The second-order valence-electron chi connectivity index (χ2n) is 11.5. The molecule has 0 fully saturated rings. The van der Waals surface area contributed by atoms with Crippen LogP contribution >= 0.6 is 0 Å². The summed E-state index contributed by atoms with van der Waals surface area (Å²) < 4.78 is 16.7. The predicted molar refractivity (Wildman–Crippen MR) is 147 cm³/mol. The lowest BCUT2D eigenvalue weighted by Gasteiger charge is -2.27. The maximum Gasteiger partial charge on any atom is 0.305 e. The quantitative estimate of drug-likeness (QED) is 0.0958. The SMILES string of the molecule is CCCCCCCCCCCCCCCCCC(=O)OCCOCCC(C)(C)OCCC(C)(C)O. The molecule has 0 bridgehead atoms. The average molecular weight is 501 g/mol. The Kier molecular flexibility index (Phi) is 22.1. The smallest absolute Gasteiger partial charge is 0.305 e. The third kappa shape index (κ3) is 27.8. The summed E-state index contributed by atoms with van der Waals surface area (Å²) in [5.41, 5.74) is -1.00. The molecule has 0 aliphatic heterocycles. The highest BCUT2D eigenvalue weighted by molar-refractivity contribution is 5.69. The van der Waals surface area contributed by atoms with Gasteiger partial charge in [-0.05, 0) is 47.0 Å². The fourth-order valence-electron chi connectivity index (χ4n) is 4.00. The summed E-state index contributed by atoms with van der Waals surface area (Å²) >= 11 is 0. The minimum absolute atomic E-state index is 0.112. The lowest BCUT2D eigenvalue weighted by atomic mass is 10.0. The molecule has 5 nitrogen and oxygen atoms in total. The molecule has 0 heterocycles. The van der Waals surface area contributed by atoms with E-state index < -0.39 is 5.60 Å². The first kappa shape index (κ1) is 34.4. The Labute approximate surface area is 218 Å². The molecule has 0 saturated heterocycles. The molecule has 0 saturated carbocycles. The fraction of sp³-hybridized carbons (Fsp3) is 0.967. The van der Waals surface area contributed by atoms with Gasteiger partial charge in [-0.1, -0.05) is 96.8 Å². The van der Waals surface area contributed by atoms with Gasteiger partial charge in [-0.2, -0.15) is 0 Å². The molecule has 210 valence electrons. The summed E-state index contributed by atoms with van der Waals surface area (Å²) in [6.45, 7) is 11.7. The molecule has 1 N–H and O–H groups in total. The first-order valence-corrected chi connectivity index (χ1v) is 14.8. The average Bonchev–Trinajstić information content (AvgIpc) is 2.77. The summed E-state index contributed by atoms with van der Waals surface area (Å²) in [5, 5.41) is 9.75. The lowest BCUT2D eigenvalue weighted by Crippen LogP contribution is -2.30. The van der Waals surface area contributed by atoms with Crippen LogP contribution in [-0.4, -0.2) is 48.7 Å². The van der Waals surface area contributed by atoms with Crippen molar-refractivity contribution in [2.45, 2.75) is 161 Å². The lowest BCUT2D eigenvalue weighted by molar-refractivity contribution is -0.145.